The maximum atomic E-state index is 3.79. The van der Waals surface area contributed by atoms with Gasteiger partial charge in [-0.05, 0) is 33.9 Å². The second-order valence-electron chi connectivity index (χ2n) is 4.33. The van der Waals surface area contributed by atoms with E-state index in [0.29, 0.717) is 0 Å². The van der Waals surface area contributed by atoms with Crippen LogP contribution in [0.1, 0.15) is 16.7 Å². The van der Waals surface area contributed by atoms with E-state index in [4.69, 9.17) is 0 Å². The average molecular weight is 230 g/mol. The quantitative estimate of drug-likeness (QED) is 0.701. The Morgan fingerprint density at radius 1 is 0.778 bits per heavy atom. The minimum Gasteiger partial charge on any atom is -0.0990 e. The molecule has 0 nitrogen and oxygen atoms in total. The molecule has 18 heavy (non-hydrogen) atoms. The number of hydrogen-bond donors (Lipinski definition) is 0. The summed E-state index contributed by atoms with van der Waals surface area (Å²) in [6, 6.07) is 19.0. The Hall–Kier alpha value is -2.34. The van der Waals surface area contributed by atoms with Crippen molar-refractivity contribution < 1.29 is 0 Å². The molecule has 0 bridgehead atoms. The lowest BCUT2D eigenvalue weighted by Gasteiger charge is -2.05. The van der Waals surface area contributed by atoms with E-state index >= 15 is 0 Å². The average Bonchev–Trinajstić information content (AvgIpc) is 2.80. The Morgan fingerprint density at radius 3 is 2.17 bits per heavy atom. The molecule has 86 valence electrons. The summed E-state index contributed by atoms with van der Waals surface area (Å²) in [5, 5.41) is 0. The predicted molar refractivity (Wildman–Crippen MR) is 78.1 cm³/mol. The van der Waals surface area contributed by atoms with Gasteiger partial charge in [-0.2, -0.15) is 0 Å². The van der Waals surface area contributed by atoms with Crippen LogP contribution in [-0.4, -0.2) is 0 Å². The molecule has 0 aromatic heterocycles. The summed E-state index contributed by atoms with van der Waals surface area (Å²) in [6.07, 6.45) is 6.15. The van der Waals surface area contributed by atoms with E-state index in [2.05, 4.69) is 67.3 Å². The Balaban J connectivity index is 2.20. The van der Waals surface area contributed by atoms with Gasteiger partial charge < -0.3 is 0 Å². The van der Waals surface area contributed by atoms with Crippen LogP contribution in [0.2, 0.25) is 0 Å². The summed E-state index contributed by atoms with van der Waals surface area (Å²) >= 11 is 0. The van der Waals surface area contributed by atoms with Crippen molar-refractivity contribution in [1.29, 1.82) is 0 Å². The van der Waals surface area contributed by atoms with Gasteiger partial charge in [0.15, 0.2) is 0 Å². The summed E-state index contributed by atoms with van der Waals surface area (Å²) in [5.41, 5.74) is 6.38. The first-order valence-corrected chi connectivity index (χ1v) is 6.10. The van der Waals surface area contributed by atoms with Crippen molar-refractivity contribution in [2.24, 2.45) is 0 Å². The lowest BCUT2D eigenvalue weighted by Crippen LogP contribution is -1.85. The van der Waals surface area contributed by atoms with Gasteiger partial charge in [-0.1, -0.05) is 73.3 Å². The molecule has 0 aliphatic heterocycles. The van der Waals surface area contributed by atoms with Crippen LogP contribution in [-0.2, 0) is 0 Å². The van der Waals surface area contributed by atoms with Gasteiger partial charge in [0, 0.05) is 0 Å². The van der Waals surface area contributed by atoms with Gasteiger partial charge in [-0.25, -0.2) is 0 Å². The zero-order valence-electron chi connectivity index (χ0n) is 10.1. The Morgan fingerprint density at radius 2 is 1.44 bits per heavy atom. The van der Waals surface area contributed by atoms with Gasteiger partial charge in [0.1, 0.15) is 0 Å². The van der Waals surface area contributed by atoms with Crippen molar-refractivity contribution in [2.45, 2.75) is 0 Å². The van der Waals surface area contributed by atoms with E-state index in [1.54, 1.807) is 0 Å². The topological polar surface area (TPSA) is 0 Å². The molecule has 1 aliphatic carbocycles. The molecule has 0 atom stereocenters. The van der Waals surface area contributed by atoms with Crippen molar-refractivity contribution in [2.75, 3.05) is 0 Å². The van der Waals surface area contributed by atoms with Crippen LogP contribution in [0.5, 0.6) is 0 Å². The highest BCUT2D eigenvalue weighted by Crippen LogP contribution is 2.38. The molecular formula is C18H14. The lowest BCUT2D eigenvalue weighted by molar-refractivity contribution is 1.55. The fourth-order valence-electron chi connectivity index (χ4n) is 2.40. The molecule has 2 aromatic carbocycles. The molecule has 0 heteroatoms. The van der Waals surface area contributed by atoms with E-state index in [1.165, 1.54) is 27.8 Å². The molecule has 0 saturated carbocycles. The van der Waals surface area contributed by atoms with Gasteiger partial charge in [-0.3, -0.25) is 0 Å². The van der Waals surface area contributed by atoms with E-state index in [-0.39, 0.29) is 0 Å². The Labute approximate surface area is 108 Å². The molecule has 2 aromatic rings. The van der Waals surface area contributed by atoms with E-state index in [9.17, 15) is 0 Å². The van der Waals surface area contributed by atoms with Gasteiger partial charge in [0.25, 0.3) is 0 Å². The second kappa shape index (κ2) is 4.50. The molecular weight excluding hydrogens is 216 g/mol. The molecule has 0 unspecified atom stereocenters. The second-order valence-corrected chi connectivity index (χ2v) is 4.33. The smallest absolute Gasteiger partial charge is 0.00990 e. The van der Waals surface area contributed by atoms with Crippen LogP contribution < -0.4 is 0 Å². The van der Waals surface area contributed by atoms with Crippen LogP contribution in [0.25, 0.3) is 11.1 Å². The molecule has 0 fully saturated rings. The molecule has 0 radical (unpaired) electrons. The first kappa shape index (κ1) is 10.8. The number of rotatable bonds is 2. The van der Waals surface area contributed by atoms with E-state index < -0.39 is 0 Å². The minimum absolute atomic E-state index is 1.24. The predicted octanol–water partition coefficient (Wildman–Crippen LogP) is 4.70. The Bertz CT molecular complexity index is 643. The highest BCUT2D eigenvalue weighted by Gasteiger charge is 2.17. The molecule has 0 heterocycles. The minimum atomic E-state index is 1.24. The largest absolute Gasteiger partial charge is 0.0990 e. The van der Waals surface area contributed by atoms with Crippen LogP contribution in [0.15, 0.2) is 79.4 Å². The van der Waals surface area contributed by atoms with Crippen molar-refractivity contribution in [3.05, 3.63) is 96.1 Å². The third-order valence-corrected chi connectivity index (χ3v) is 3.21. The number of hydrogen-bond acceptors (Lipinski definition) is 0. The fourth-order valence-corrected chi connectivity index (χ4v) is 2.40. The van der Waals surface area contributed by atoms with Gasteiger partial charge >= 0.3 is 0 Å². The molecule has 3 rings (SSSR count). The molecule has 0 N–H and O–H groups in total. The zero-order chi connectivity index (χ0) is 12.4. The summed E-state index contributed by atoms with van der Waals surface area (Å²) < 4.78 is 0. The number of allylic oxidation sites excluding steroid dienone is 4. The highest BCUT2D eigenvalue weighted by atomic mass is 14.2. The third-order valence-electron chi connectivity index (χ3n) is 3.21. The van der Waals surface area contributed by atoms with Crippen molar-refractivity contribution in [1.82, 2.24) is 0 Å². The standard InChI is InChI=1S/C18H14/c1-2-8-15-13-18(14-9-4-3-5-10-14)17-12-7-6-11-16(15)17/h2-13H,1H2/b15-8-. The first-order chi connectivity index (χ1) is 8.90. The van der Waals surface area contributed by atoms with Crippen molar-refractivity contribution >= 4 is 11.1 Å². The highest BCUT2D eigenvalue weighted by molar-refractivity contribution is 6.01. The Kier molecular flexibility index (Phi) is 2.70. The number of fused-ring (bicyclic) bond motifs is 1. The summed E-state index contributed by atoms with van der Waals surface area (Å²) in [5.74, 6) is 0. The van der Waals surface area contributed by atoms with Gasteiger partial charge in [0.05, 0.1) is 0 Å². The molecule has 1 aliphatic rings. The maximum absolute atomic E-state index is 3.79. The fraction of sp³-hybridized carbons (Fsp3) is 0. The van der Waals surface area contributed by atoms with Crippen molar-refractivity contribution in [3.8, 4) is 0 Å². The monoisotopic (exact) mass is 230 g/mol. The third kappa shape index (κ3) is 1.72. The summed E-state index contributed by atoms with van der Waals surface area (Å²) in [7, 11) is 0. The summed E-state index contributed by atoms with van der Waals surface area (Å²) in [6.45, 7) is 3.79. The SMILES string of the molecule is C=C/C=C1/C=C(c2ccccc2)c2ccccc21. The molecule has 0 spiro atoms. The molecule has 0 amide bonds. The zero-order valence-corrected chi connectivity index (χ0v) is 10.1. The van der Waals surface area contributed by atoms with Crippen LogP contribution >= 0.6 is 0 Å². The lowest BCUT2D eigenvalue weighted by atomic mass is 9.99. The van der Waals surface area contributed by atoms with E-state index in [0.717, 1.165) is 0 Å². The van der Waals surface area contributed by atoms with E-state index in [1.807, 2.05) is 12.1 Å². The van der Waals surface area contributed by atoms with Gasteiger partial charge in [-0.15, -0.1) is 0 Å². The number of benzene rings is 2. The van der Waals surface area contributed by atoms with Crippen molar-refractivity contribution in [3.63, 3.8) is 0 Å². The van der Waals surface area contributed by atoms with Crippen LogP contribution in [0, 0.1) is 0 Å². The maximum Gasteiger partial charge on any atom is -0.00990 e. The van der Waals surface area contributed by atoms with Crippen LogP contribution in [0.4, 0.5) is 0 Å². The summed E-state index contributed by atoms with van der Waals surface area (Å²) in [4.78, 5) is 0. The van der Waals surface area contributed by atoms with Crippen LogP contribution in [0.3, 0.4) is 0 Å². The molecule has 0 saturated heterocycles. The normalized spacial score (nSPS) is 15.3. The first-order valence-electron chi connectivity index (χ1n) is 6.10. The van der Waals surface area contributed by atoms with Gasteiger partial charge in [0.2, 0.25) is 0 Å².